The number of piperidine rings is 2. The third-order valence-corrected chi connectivity index (χ3v) is 3.20. The van der Waals surface area contributed by atoms with Crippen LogP contribution in [0.1, 0.15) is 32.6 Å². The second-order valence-corrected chi connectivity index (χ2v) is 4.01. The number of ether oxygens (including phenoxy) is 1. The largest absolute Gasteiger partial charge is 0.465 e. The van der Waals surface area contributed by atoms with Gasteiger partial charge >= 0.3 is 5.97 Å². The molecule has 0 spiro atoms. The van der Waals surface area contributed by atoms with Crippen LogP contribution in [0.25, 0.3) is 0 Å². The van der Waals surface area contributed by atoms with Gasteiger partial charge in [-0.25, -0.2) is 0 Å². The fraction of sp³-hybridized carbons (Fsp3) is 0.900. The van der Waals surface area contributed by atoms with E-state index in [1.807, 2.05) is 6.92 Å². The molecular weight excluding hydrogens is 166 g/mol. The lowest BCUT2D eigenvalue weighted by Gasteiger charge is -2.42. The van der Waals surface area contributed by atoms with Gasteiger partial charge in [-0.05, 0) is 38.5 Å². The lowest BCUT2D eigenvalue weighted by atomic mass is 9.76. The Bertz CT molecular complexity index is 197. The van der Waals surface area contributed by atoms with Crippen LogP contribution in [0.5, 0.6) is 0 Å². The van der Waals surface area contributed by atoms with Crippen molar-refractivity contribution in [3.8, 4) is 0 Å². The Hall–Kier alpha value is -0.570. The van der Waals surface area contributed by atoms with Gasteiger partial charge in [0.2, 0.25) is 0 Å². The van der Waals surface area contributed by atoms with E-state index in [4.69, 9.17) is 4.74 Å². The minimum atomic E-state index is -0.0445. The van der Waals surface area contributed by atoms with Crippen LogP contribution in [0.15, 0.2) is 0 Å². The van der Waals surface area contributed by atoms with Crippen LogP contribution >= 0.6 is 0 Å². The molecule has 2 bridgehead atoms. The van der Waals surface area contributed by atoms with Crippen molar-refractivity contribution in [2.75, 3.05) is 6.61 Å². The van der Waals surface area contributed by atoms with Gasteiger partial charge in [-0.3, -0.25) is 4.79 Å². The van der Waals surface area contributed by atoms with Crippen LogP contribution in [-0.2, 0) is 9.53 Å². The fourth-order valence-corrected chi connectivity index (χ4v) is 2.50. The predicted octanol–water partition coefficient (Wildman–Crippen LogP) is 1.08. The number of hydrogen-bond acceptors (Lipinski definition) is 3. The maximum atomic E-state index is 11.5. The molecule has 3 aliphatic rings. The molecule has 3 heteroatoms. The zero-order valence-corrected chi connectivity index (χ0v) is 8.08. The smallest absolute Gasteiger partial charge is 0.323 e. The number of esters is 1. The van der Waals surface area contributed by atoms with Crippen molar-refractivity contribution >= 4 is 5.97 Å². The molecule has 0 aromatic heterocycles. The summed E-state index contributed by atoms with van der Waals surface area (Å²) >= 11 is 0. The molecule has 74 valence electrons. The van der Waals surface area contributed by atoms with Gasteiger partial charge in [0.05, 0.1) is 6.61 Å². The first-order chi connectivity index (χ1) is 6.31. The summed E-state index contributed by atoms with van der Waals surface area (Å²) in [5, 5.41) is 3.36. The summed E-state index contributed by atoms with van der Waals surface area (Å²) in [7, 11) is 0. The molecule has 2 saturated heterocycles. The molecule has 1 saturated carbocycles. The molecule has 3 nitrogen and oxygen atoms in total. The Morgan fingerprint density at radius 1 is 1.38 bits per heavy atom. The summed E-state index contributed by atoms with van der Waals surface area (Å²) in [6, 6.07) is 0.562. The van der Waals surface area contributed by atoms with Gasteiger partial charge in [-0.1, -0.05) is 0 Å². The molecule has 2 heterocycles. The van der Waals surface area contributed by atoms with Crippen LogP contribution in [-0.4, -0.2) is 24.7 Å². The zero-order valence-electron chi connectivity index (χ0n) is 8.08. The van der Waals surface area contributed by atoms with Crippen LogP contribution in [0.4, 0.5) is 0 Å². The Morgan fingerprint density at radius 3 is 2.54 bits per heavy atom. The van der Waals surface area contributed by atoms with Crippen molar-refractivity contribution in [1.82, 2.24) is 5.32 Å². The van der Waals surface area contributed by atoms with Gasteiger partial charge in [0.15, 0.2) is 0 Å². The van der Waals surface area contributed by atoms with Crippen molar-refractivity contribution in [2.45, 2.75) is 44.7 Å². The number of hydrogen-bond donors (Lipinski definition) is 1. The molecule has 0 amide bonds. The molecule has 1 atom stereocenters. The summed E-state index contributed by atoms with van der Waals surface area (Å²) in [6.07, 6.45) is 4.86. The molecule has 1 N–H and O–H groups in total. The minimum Gasteiger partial charge on any atom is -0.465 e. The van der Waals surface area contributed by atoms with Crippen molar-refractivity contribution in [3.05, 3.63) is 0 Å². The van der Waals surface area contributed by atoms with Gasteiger partial charge < -0.3 is 10.1 Å². The molecular formula is C10H17NO2. The first kappa shape index (κ1) is 9.00. The summed E-state index contributed by atoms with van der Waals surface area (Å²) in [4.78, 5) is 11.5. The van der Waals surface area contributed by atoms with Crippen LogP contribution in [0.3, 0.4) is 0 Å². The van der Waals surface area contributed by atoms with Gasteiger partial charge in [-0.2, -0.15) is 0 Å². The van der Waals surface area contributed by atoms with E-state index in [1.165, 1.54) is 25.7 Å². The monoisotopic (exact) mass is 183 g/mol. The average Bonchev–Trinajstić information content (AvgIpc) is 2.20. The van der Waals surface area contributed by atoms with Gasteiger partial charge in [0.25, 0.3) is 0 Å². The van der Waals surface area contributed by atoms with Gasteiger partial charge in [0, 0.05) is 6.04 Å². The zero-order chi connectivity index (χ0) is 9.26. The Labute approximate surface area is 78.8 Å². The number of fused-ring (bicyclic) bond motifs is 3. The van der Waals surface area contributed by atoms with Crippen LogP contribution < -0.4 is 5.32 Å². The maximum absolute atomic E-state index is 11.5. The molecule has 0 unspecified atom stereocenters. The Kier molecular flexibility index (Phi) is 2.54. The number of carbonyl (C=O) groups is 1. The standard InChI is InChI=1S/C10H17NO2/c1-2-13-10(12)9-7-3-5-8(11-9)6-4-7/h7-9,11H,2-6H2,1H3/t7-,8+,9-/m0/s1. The normalized spacial score (nSPS) is 37.5. The van der Waals surface area contributed by atoms with Crippen LogP contribution in [0, 0.1) is 5.92 Å². The molecule has 1 aliphatic carbocycles. The predicted molar refractivity (Wildman–Crippen MR) is 49.3 cm³/mol. The second kappa shape index (κ2) is 3.66. The third kappa shape index (κ3) is 1.70. The maximum Gasteiger partial charge on any atom is 0.323 e. The SMILES string of the molecule is CCOC(=O)[C@H]1N[C@H]2CC[C@@H]1CC2. The lowest BCUT2D eigenvalue weighted by molar-refractivity contribution is -0.149. The van der Waals surface area contributed by atoms with Crippen molar-refractivity contribution in [3.63, 3.8) is 0 Å². The summed E-state index contributed by atoms with van der Waals surface area (Å²) in [6.45, 7) is 2.35. The van der Waals surface area contributed by atoms with E-state index in [0.717, 1.165) is 0 Å². The summed E-state index contributed by atoms with van der Waals surface area (Å²) < 4.78 is 5.03. The van der Waals surface area contributed by atoms with Gasteiger partial charge in [0.1, 0.15) is 6.04 Å². The number of nitrogens with one attached hydrogen (secondary N) is 1. The average molecular weight is 183 g/mol. The lowest BCUT2D eigenvalue weighted by Crippen LogP contribution is -2.56. The van der Waals surface area contributed by atoms with Crippen LogP contribution in [0.2, 0.25) is 0 Å². The Balaban J connectivity index is 1.96. The highest BCUT2D eigenvalue weighted by molar-refractivity contribution is 5.76. The molecule has 3 rings (SSSR count). The molecule has 0 aromatic rings. The third-order valence-electron chi connectivity index (χ3n) is 3.20. The van der Waals surface area contributed by atoms with E-state index in [2.05, 4.69) is 5.32 Å². The van der Waals surface area contributed by atoms with E-state index in [9.17, 15) is 4.79 Å². The number of carbonyl (C=O) groups excluding carboxylic acids is 1. The van der Waals surface area contributed by atoms with Crippen molar-refractivity contribution < 1.29 is 9.53 Å². The molecule has 0 radical (unpaired) electrons. The van der Waals surface area contributed by atoms with E-state index in [0.29, 0.717) is 18.6 Å². The van der Waals surface area contributed by atoms with Crippen molar-refractivity contribution in [2.24, 2.45) is 5.92 Å². The van der Waals surface area contributed by atoms with E-state index < -0.39 is 0 Å². The van der Waals surface area contributed by atoms with E-state index in [1.54, 1.807) is 0 Å². The first-order valence-corrected chi connectivity index (χ1v) is 5.24. The molecule has 2 aliphatic heterocycles. The topological polar surface area (TPSA) is 38.3 Å². The molecule has 13 heavy (non-hydrogen) atoms. The fourth-order valence-electron chi connectivity index (χ4n) is 2.50. The Morgan fingerprint density at radius 2 is 2.08 bits per heavy atom. The molecule has 3 fully saturated rings. The summed E-state index contributed by atoms with van der Waals surface area (Å²) in [5.74, 6) is 0.487. The highest BCUT2D eigenvalue weighted by Crippen LogP contribution is 2.33. The van der Waals surface area contributed by atoms with E-state index in [-0.39, 0.29) is 12.0 Å². The summed E-state index contributed by atoms with van der Waals surface area (Å²) in [5.41, 5.74) is 0. The molecule has 0 aromatic carbocycles. The first-order valence-electron chi connectivity index (χ1n) is 5.24. The minimum absolute atomic E-state index is 0.00699. The second-order valence-electron chi connectivity index (χ2n) is 4.01. The van der Waals surface area contributed by atoms with E-state index >= 15 is 0 Å². The number of rotatable bonds is 2. The van der Waals surface area contributed by atoms with Crippen molar-refractivity contribution in [1.29, 1.82) is 0 Å². The highest BCUT2D eigenvalue weighted by Gasteiger charge is 2.39. The quantitative estimate of drug-likeness (QED) is 0.651. The highest BCUT2D eigenvalue weighted by atomic mass is 16.5. The van der Waals surface area contributed by atoms with Gasteiger partial charge in [-0.15, -0.1) is 0 Å².